The third-order valence-corrected chi connectivity index (χ3v) is 11.7. The lowest BCUT2D eigenvalue weighted by molar-refractivity contribution is 0.272. The van der Waals surface area contributed by atoms with Gasteiger partial charge in [0, 0.05) is 47.6 Å². The standard InChI is InChI=1S/C26H31FN6O2Si/c1-26(2,3)36(4,5)35-15-22-17(7-6-11-28-22)20-14-30-25(33-16-31-32-24(20)33)29-13-19-18-10-12-34-23(18)9-8-21(19)27/h6-9,11,14,16H,10,12-13,15H2,1-5H3,(H,29,30). The van der Waals surface area contributed by atoms with Crippen LogP contribution < -0.4 is 10.1 Å². The van der Waals surface area contributed by atoms with Crippen molar-refractivity contribution in [3.8, 4) is 16.9 Å². The van der Waals surface area contributed by atoms with Gasteiger partial charge < -0.3 is 14.5 Å². The van der Waals surface area contributed by atoms with Gasteiger partial charge in [0.05, 0.1) is 18.9 Å². The van der Waals surface area contributed by atoms with Crippen LogP contribution in [0.3, 0.4) is 0 Å². The van der Waals surface area contributed by atoms with Crippen molar-refractivity contribution in [2.24, 2.45) is 0 Å². The predicted molar refractivity (Wildman–Crippen MR) is 139 cm³/mol. The lowest BCUT2D eigenvalue weighted by Crippen LogP contribution is -2.40. The molecule has 10 heteroatoms. The molecule has 0 saturated heterocycles. The Morgan fingerprint density at radius 1 is 1.17 bits per heavy atom. The number of rotatable bonds is 7. The van der Waals surface area contributed by atoms with Crippen molar-refractivity contribution >= 4 is 19.9 Å². The van der Waals surface area contributed by atoms with E-state index in [0.29, 0.717) is 36.8 Å². The maximum atomic E-state index is 14.6. The van der Waals surface area contributed by atoms with Crippen molar-refractivity contribution in [1.29, 1.82) is 0 Å². The van der Waals surface area contributed by atoms with Crippen LogP contribution in [0, 0.1) is 5.82 Å². The van der Waals surface area contributed by atoms with Gasteiger partial charge >= 0.3 is 0 Å². The first kappa shape index (κ1) is 24.3. The van der Waals surface area contributed by atoms with E-state index in [9.17, 15) is 4.39 Å². The highest BCUT2D eigenvalue weighted by Crippen LogP contribution is 2.38. The molecular weight excluding hydrogens is 475 g/mol. The second-order valence-electron chi connectivity index (χ2n) is 10.5. The van der Waals surface area contributed by atoms with Gasteiger partial charge in [0.15, 0.2) is 14.0 Å². The van der Waals surface area contributed by atoms with Crippen molar-refractivity contribution < 1.29 is 13.6 Å². The summed E-state index contributed by atoms with van der Waals surface area (Å²) in [4.78, 5) is 9.26. The fourth-order valence-corrected chi connectivity index (χ4v) is 5.01. The molecule has 0 unspecified atom stereocenters. The van der Waals surface area contributed by atoms with Gasteiger partial charge in [0.2, 0.25) is 5.95 Å². The highest BCUT2D eigenvalue weighted by atomic mass is 28.4. The second kappa shape index (κ2) is 9.25. The first-order chi connectivity index (χ1) is 17.2. The number of fused-ring (bicyclic) bond motifs is 2. The lowest BCUT2D eigenvalue weighted by atomic mass is 10.0. The smallest absolute Gasteiger partial charge is 0.210 e. The van der Waals surface area contributed by atoms with Crippen LogP contribution in [0.5, 0.6) is 5.75 Å². The summed E-state index contributed by atoms with van der Waals surface area (Å²) in [5.41, 5.74) is 4.67. The van der Waals surface area contributed by atoms with Gasteiger partial charge in [-0.05, 0) is 36.3 Å². The largest absolute Gasteiger partial charge is 0.493 e. The van der Waals surface area contributed by atoms with Gasteiger partial charge in [0.25, 0.3) is 0 Å². The minimum atomic E-state index is -1.95. The Bertz CT molecular complexity index is 1420. The molecule has 4 heterocycles. The third-order valence-electron chi connectivity index (χ3n) is 7.25. The summed E-state index contributed by atoms with van der Waals surface area (Å²) >= 11 is 0. The fourth-order valence-electron chi connectivity index (χ4n) is 4.08. The molecule has 36 heavy (non-hydrogen) atoms. The Hall–Kier alpha value is -3.37. The number of aromatic nitrogens is 5. The predicted octanol–water partition coefficient (Wildman–Crippen LogP) is 5.39. The molecule has 0 amide bonds. The molecule has 0 saturated carbocycles. The molecule has 0 spiro atoms. The normalized spacial score (nSPS) is 13.6. The van der Waals surface area contributed by atoms with E-state index in [-0.39, 0.29) is 17.4 Å². The number of hydrogen-bond donors (Lipinski definition) is 1. The minimum Gasteiger partial charge on any atom is -0.493 e. The van der Waals surface area contributed by atoms with Gasteiger partial charge in [-0.1, -0.05) is 26.8 Å². The van der Waals surface area contributed by atoms with Crippen LogP contribution in [0.1, 0.15) is 37.6 Å². The maximum Gasteiger partial charge on any atom is 0.210 e. The highest BCUT2D eigenvalue weighted by molar-refractivity contribution is 6.74. The van der Waals surface area contributed by atoms with Crippen molar-refractivity contribution in [3.05, 3.63) is 65.6 Å². The summed E-state index contributed by atoms with van der Waals surface area (Å²) in [7, 11) is -1.95. The first-order valence-corrected chi connectivity index (χ1v) is 15.0. The Morgan fingerprint density at radius 2 is 2.00 bits per heavy atom. The van der Waals surface area contributed by atoms with Crippen LogP contribution >= 0.6 is 0 Å². The van der Waals surface area contributed by atoms with Crippen LogP contribution in [0.4, 0.5) is 10.3 Å². The monoisotopic (exact) mass is 506 g/mol. The lowest BCUT2D eigenvalue weighted by Gasteiger charge is -2.36. The summed E-state index contributed by atoms with van der Waals surface area (Å²) in [6.07, 6.45) is 5.83. The Kier molecular flexibility index (Phi) is 6.25. The van der Waals surface area contributed by atoms with Crippen LogP contribution in [0.15, 0.2) is 43.0 Å². The van der Waals surface area contributed by atoms with E-state index in [2.05, 4.69) is 59.3 Å². The summed E-state index contributed by atoms with van der Waals surface area (Å²) in [5.74, 6) is 1.01. The summed E-state index contributed by atoms with van der Waals surface area (Å²) < 4.78 is 28.4. The van der Waals surface area contributed by atoms with E-state index in [1.807, 2.05) is 12.1 Å². The van der Waals surface area contributed by atoms with Crippen LogP contribution in [0.25, 0.3) is 16.8 Å². The molecule has 5 rings (SSSR count). The summed E-state index contributed by atoms with van der Waals surface area (Å²) in [6.45, 7) is 12.4. The van der Waals surface area contributed by atoms with Gasteiger partial charge in [-0.2, -0.15) is 0 Å². The van der Waals surface area contributed by atoms with E-state index in [1.54, 1.807) is 29.2 Å². The molecule has 8 nitrogen and oxygen atoms in total. The molecule has 0 radical (unpaired) electrons. The maximum absolute atomic E-state index is 14.6. The molecule has 1 aliphatic heterocycles. The molecule has 0 aliphatic carbocycles. The number of halogens is 1. The molecule has 0 bridgehead atoms. The second-order valence-corrected chi connectivity index (χ2v) is 15.3. The number of pyridine rings is 1. The van der Waals surface area contributed by atoms with Gasteiger partial charge in [-0.15, -0.1) is 10.2 Å². The molecule has 188 valence electrons. The van der Waals surface area contributed by atoms with Crippen molar-refractivity contribution in [1.82, 2.24) is 24.6 Å². The zero-order valence-electron chi connectivity index (χ0n) is 21.3. The zero-order valence-corrected chi connectivity index (χ0v) is 22.3. The van der Waals surface area contributed by atoms with Gasteiger partial charge in [-0.25, -0.2) is 9.37 Å². The number of benzene rings is 1. The van der Waals surface area contributed by atoms with Crippen molar-refractivity contribution in [3.63, 3.8) is 0 Å². The van der Waals surface area contributed by atoms with Crippen LogP contribution in [-0.2, 0) is 24.0 Å². The summed E-state index contributed by atoms with van der Waals surface area (Å²) in [6, 6.07) is 7.03. The number of nitrogens with one attached hydrogen (secondary N) is 1. The topological polar surface area (TPSA) is 86.5 Å². The molecular formula is C26H31FN6O2Si. The van der Waals surface area contributed by atoms with Crippen molar-refractivity contribution in [2.45, 2.75) is 58.5 Å². The highest BCUT2D eigenvalue weighted by Gasteiger charge is 2.37. The molecule has 0 atom stereocenters. The number of anilines is 1. The van der Waals surface area contributed by atoms with E-state index in [4.69, 9.17) is 9.16 Å². The summed E-state index contributed by atoms with van der Waals surface area (Å²) in [5, 5.41) is 11.8. The number of nitrogens with zero attached hydrogens (tertiary/aromatic N) is 5. The minimum absolute atomic E-state index is 0.0988. The molecule has 1 aromatic carbocycles. The molecule has 0 fully saturated rings. The van der Waals surface area contributed by atoms with Gasteiger partial charge in [-0.3, -0.25) is 9.38 Å². The number of hydrogen-bond acceptors (Lipinski definition) is 7. The average molecular weight is 507 g/mol. The van der Waals surface area contributed by atoms with E-state index in [0.717, 1.165) is 28.1 Å². The first-order valence-electron chi connectivity index (χ1n) is 12.1. The fraction of sp³-hybridized carbons (Fsp3) is 0.385. The van der Waals surface area contributed by atoms with Crippen LogP contribution in [0.2, 0.25) is 18.1 Å². The number of ether oxygens (including phenoxy) is 1. The van der Waals surface area contributed by atoms with E-state index < -0.39 is 8.32 Å². The average Bonchev–Trinajstić information content (AvgIpc) is 3.52. The Balaban J connectivity index is 1.44. The molecule has 1 aliphatic rings. The quantitative estimate of drug-likeness (QED) is 0.336. The van der Waals surface area contributed by atoms with Gasteiger partial charge in [0.1, 0.15) is 17.9 Å². The van der Waals surface area contributed by atoms with E-state index >= 15 is 0 Å². The van der Waals surface area contributed by atoms with Crippen molar-refractivity contribution in [2.75, 3.05) is 11.9 Å². The molecule has 1 N–H and O–H groups in total. The SMILES string of the molecule is CC(C)(C)[Si](C)(C)OCc1ncccc1-c1cnc(NCc2c(F)ccc3c2CCO3)n2cnnc12. The Labute approximate surface area is 211 Å². The molecule has 4 aromatic rings. The third kappa shape index (κ3) is 4.46. The zero-order chi connectivity index (χ0) is 25.5. The molecule has 3 aromatic heterocycles. The van der Waals surface area contributed by atoms with Crippen LogP contribution in [-0.4, -0.2) is 39.5 Å². The Morgan fingerprint density at radius 3 is 2.81 bits per heavy atom. The van der Waals surface area contributed by atoms with E-state index in [1.165, 1.54) is 6.07 Å².